The van der Waals surface area contributed by atoms with Crippen LogP contribution in [0.15, 0.2) is 41.2 Å². The molecule has 1 aliphatic rings. The van der Waals surface area contributed by atoms with Crippen molar-refractivity contribution in [3.8, 4) is 11.4 Å². The van der Waals surface area contributed by atoms with Crippen molar-refractivity contribution >= 4 is 16.7 Å². The highest BCUT2D eigenvalue weighted by molar-refractivity contribution is 5.78. The summed E-state index contributed by atoms with van der Waals surface area (Å²) in [4.78, 5) is 26.3. The number of hydrogen-bond acceptors (Lipinski definition) is 4. The number of hydrogen-bond donors (Lipinski definition) is 1. The number of aryl methyl sites for hydroxylation is 1. The minimum atomic E-state index is -0.0837. The second-order valence-electron chi connectivity index (χ2n) is 6.30. The Hall–Kier alpha value is -3.02. The van der Waals surface area contributed by atoms with E-state index in [4.69, 9.17) is 4.98 Å². The number of benzene rings is 1. The van der Waals surface area contributed by atoms with E-state index in [2.05, 4.69) is 15.1 Å². The monoisotopic (exact) mass is 317 g/mol. The summed E-state index contributed by atoms with van der Waals surface area (Å²) in [5.74, 6) is 0.447. The molecule has 0 aliphatic heterocycles. The number of nitrogens with one attached hydrogen (secondary N) is 1. The Bertz CT molecular complexity index is 1150. The minimum Gasteiger partial charge on any atom is -0.287 e. The molecule has 0 radical (unpaired) electrons. The van der Waals surface area contributed by atoms with Crippen LogP contribution in [0.5, 0.6) is 0 Å². The van der Waals surface area contributed by atoms with Crippen molar-refractivity contribution in [3.63, 3.8) is 0 Å². The van der Waals surface area contributed by atoms with Crippen molar-refractivity contribution in [3.05, 3.63) is 58.1 Å². The number of rotatable bonds is 2. The van der Waals surface area contributed by atoms with Crippen molar-refractivity contribution in [2.45, 2.75) is 25.7 Å². The fourth-order valence-electron chi connectivity index (χ4n) is 3.06. The highest BCUT2D eigenvalue weighted by atomic mass is 16.1. The predicted molar refractivity (Wildman–Crippen MR) is 91.1 cm³/mol. The third kappa shape index (κ3) is 2.03. The van der Waals surface area contributed by atoms with Crippen LogP contribution in [0, 0.1) is 6.92 Å². The predicted octanol–water partition coefficient (Wildman–Crippen LogP) is 2.82. The van der Waals surface area contributed by atoms with Gasteiger partial charge < -0.3 is 0 Å². The van der Waals surface area contributed by atoms with E-state index in [0.29, 0.717) is 11.6 Å². The van der Waals surface area contributed by atoms with Crippen LogP contribution < -0.4 is 5.56 Å². The first-order valence-electron chi connectivity index (χ1n) is 8.05. The molecular weight excluding hydrogens is 302 g/mol. The molecule has 6 heteroatoms. The average Bonchev–Trinajstić information content (AvgIpc) is 3.34. The van der Waals surface area contributed by atoms with Gasteiger partial charge in [-0.15, -0.1) is 0 Å². The Balaban J connectivity index is 1.72. The summed E-state index contributed by atoms with van der Waals surface area (Å²) in [5, 5.41) is 3.11. The van der Waals surface area contributed by atoms with Crippen LogP contribution in [0.25, 0.3) is 28.1 Å². The van der Waals surface area contributed by atoms with E-state index in [0.717, 1.165) is 46.7 Å². The van der Waals surface area contributed by atoms with Crippen LogP contribution in [0.2, 0.25) is 0 Å². The normalized spacial score (nSPS) is 14.5. The first-order valence-corrected chi connectivity index (χ1v) is 8.05. The summed E-state index contributed by atoms with van der Waals surface area (Å²) in [5.41, 5.74) is 5.45. The molecule has 6 nitrogen and oxygen atoms in total. The summed E-state index contributed by atoms with van der Waals surface area (Å²) < 4.78 is 1.47. The molecule has 0 spiro atoms. The molecule has 5 rings (SSSR count). The highest BCUT2D eigenvalue weighted by Gasteiger charge is 2.26. The number of fused-ring (bicyclic) bond motifs is 2. The van der Waals surface area contributed by atoms with E-state index in [9.17, 15) is 4.79 Å². The lowest BCUT2D eigenvalue weighted by molar-refractivity contribution is 0.874. The van der Waals surface area contributed by atoms with Crippen LogP contribution >= 0.6 is 0 Å². The molecule has 1 saturated carbocycles. The SMILES string of the molecule is Cc1nc2ccccc2nc1-c1cc2nc(C3CC3)cc(=O)n2[nH]1. The summed E-state index contributed by atoms with van der Waals surface area (Å²) >= 11 is 0. The molecule has 0 bridgehead atoms. The number of nitrogens with zero attached hydrogens (tertiary/aromatic N) is 4. The second kappa shape index (κ2) is 4.74. The van der Waals surface area contributed by atoms with Crippen molar-refractivity contribution < 1.29 is 0 Å². The zero-order chi connectivity index (χ0) is 16.3. The quantitative estimate of drug-likeness (QED) is 0.617. The summed E-state index contributed by atoms with van der Waals surface area (Å²) in [7, 11) is 0. The van der Waals surface area contributed by atoms with Gasteiger partial charge in [-0.3, -0.25) is 9.89 Å². The van der Waals surface area contributed by atoms with Gasteiger partial charge in [-0.2, -0.15) is 0 Å². The Kier molecular flexibility index (Phi) is 2.65. The molecule has 0 atom stereocenters. The van der Waals surface area contributed by atoms with Crippen molar-refractivity contribution in [2.24, 2.45) is 0 Å². The maximum atomic E-state index is 12.3. The summed E-state index contributed by atoms with van der Waals surface area (Å²) in [6, 6.07) is 11.3. The van der Waals surface area contributed by atoms with E-state index in [1.807, 2.05) is 37.3 Å². The number of aromatic amines is 1. The molecule has 118 valence electrons. The lowest BCUT2D eigenvalue weighted by Crippen LogP contribution is -2.15. The van der Waals surface area contributed by atoms with Gasteiger partial charge in [0.15, 0.2) is 5.65 Å². The lowest BCUT2D eigenvalue weighted by Gasteiger charge is -2.04. The Morgan fingerprint density at radius 2 is 1.83 bits per heavy atom. The molecular formula is C18H15N5O. The molecule has 0 amide bonds. The van der Waals surface area contributed by atoms with Gasteiger partial charge in [0.05, 0.1) is 28.1 Å². The highest BCUT2D eigenvalue weighted by Crippen LogP contribution is 2.38. The molecule has 1 N–H and O–H groups in total. The first kappa shape index (κ1) is 13.4. The van der Waals surface area contributed by atoms with Gasteiger partial charge in [-0.1, -0.05) is 12.1 Å². The smallest absolute Gasteiger partial charge is 0.272 e. The van der Waals surface area contributed by atoms with Crippen LogP contribution in [-0.4, -0.2) is 24.6 Å². The molecule has 0 saturated heterocycles. The lowest BCUT2D eigenvalue weighted by atomic mass is 10.2. The minimum absolute atomic E-state index is 0.0837. The maximum Gasteiger partial charge on any atom is 0.272 e. The third-order valence-electron chi connectivity index (χ3n) is 4.47. The maximum absolute atomic E-state index is 12.3. The van der Waals surface area contributed by atoms with Crippen LogP contribution in [-0.2, 0) is 0 Å². The zero-order valence-corrected chi connectivity index (χ0v) is 13.2. The van der Waals surface area contributed by atoms with Crippen LogP contribution in [0.3, 0.4) is 0 Å². The molecule has 1 aromatic carbocycles. The molecule has 1 aliphatic carbocycles. The van der Waals surface area contributed by atoms with E-state index >= 15 is 0 Å². The molecule has 1 fully saturated rings. The largest absolute Gasteiger partial charge is 0.287 e. The van der Waals surface area contributed by atoms with Crippen LogP contribution in [0.4, 0.5) is 0 Å². The van der Waals surface area contributed by atoms with Gasteiger partial charge in [-0.25, -0.2) is 19.5 Å². The molecule has 0 unspecified atom stereocenters. The van der Waals surface area contributed by atoms with E-state index in [-0.39, 0.29) is 5.56 Å². The van der Waals surface area contributed by atoms with Gasteiger partial charge in [0.1, 0.15) is 5.69 Å². The standard InChI is InChI=1S/C18H15N5O/c1-10-18(21-13-5-3-2-4-12(13)19-10)15-8-16-20-14(11-6-7-11)9-17(24)23(16)22-15/h2-5,8-9,11,22H,6-7H2,1H3. The second-order valence-corrected chi connectivity index (χ2v) is 6.30. The van der Waals surface area contributed by atoms with E-state index in [1.165, 1.54) is 4.52 Å². The molecule has 24 heavy (non-hydrogen) atoms. The number of aromatic nitrogens is 5. The fourth-order valence-corrected chi connectivity index (χ4v) is 3.06. The fraction of sp³-hybridized carbons (Fsp3) is 0.222. The molecule has 3 heterocycles. The summed E-state index contributed by atoms with van der Waals surface area (Å²) in [6.07, 6.45) is 2.24. The van der Waals surface area contributed by atoms with Crippen molar-refractivity contribution in [2.75, 3.05) is 0 Å². The van der Waals surface area contributed by atoms with Crippen LogP contribution in [0.1, 0.15) is 30.1 Å². The van der Waals surface area contributed by atoms with Crippen molar-refractivity contribution in [1.29, 1.82) is 0 Å². The van der Waals surface area contributed by atoms with Gasteiger partial charge in [0, 0.05) is 18.1 Å². The van der Waals surface area contributed by atoms with Gasteiger partial charge in [0.2, 0.25) is 0 Å². The van der Waals surface area contributed by atoms with Crippen molar-refractivity contribution in [1.82, 2.24) is 24.6 Å². The number of para-hydroxylation sites is 2. The third-order valence-corrected chi connectivity index (χ3v) is 4.47. The van der Waals surface area contributed by atoms with Gasteiger partial charge in [-0.05, 0) is 31.9 Å². The van der Waals surface area contributed by atoms with Gasteiger partial charge in [0.25, 0.3) is 5.56 Å². The topological polar surface area (TPSA) is 75.9 Å². The van der Waals surface area contributed by atoms with Gasteiger partial charge >= 0.3 is 0 Å². The van der Waals surface area contributed by atoms with E-state index in [1.54, 1.807) is 6.07 Å². The molecule has 4 aromatic rings. The Morgan fingerprint density at radius 3 is 2.58 bits per heavy atom. The van der Waals surface area contributed by atoms with E-state index < -0.39 is 0 Å². The molecule has 3 aromatic heterocycles. The zero-order valence-electron chi connectivity index (χ0n) is 13.2. The Morgan fingerprint density at radius 1 is 1.08 bits per heavy atom. The average molecular weight is 317 g/mol. The first-order chi connectivity index (χ1) is 11.7. The summed E-state index contributed by atoms with van der Waals surface area (Å²) in [6.45, 7) is 1.92. The number of H-pyrrole nitrogens is 1. The Labute approximate surface area is 137 Å².